The maximum atomic E-state index is 14.3. The molecule has 0 aliphatic carbocycles. The SMILES string of the molecule is O=[N+]([O-])c1cc2c(Nc3cccc(Cl)c3F)ncnc2cc1C#CC1(C(F)(F)F)CCNC1. The van der Waals surface area contributed by atoms with E-state index in [2.05, 4.69) is 32.4 Å². The third-order valence-corrected chi connectivity index (χ3v) is 5.58. The van der Waals surface area contributed by atoms with E-state index in [0.717, 1.165) is 12.4 Å². The van der Waals surface area contributed by atoms with Crippen LogP contribution in [0.1, 0.15) is 12.0 Å². The lowest BCUT2D eigenvalue weighted by molar-refractivity contribution is -0.385. The van der Waals surface area contributed by atoms with E-state index in [1.165, 1.54) is 24.3 Å². The lowest BCUT2D eigenvalue weighted by atomic mass is 9.86. The van der Waals surface area contributed by atoms with Crippen molar-refractivity contribution in [1.82, 2.24) is 15.3 Å². The summed E-state index contributed by atoms with van der Waals surface area (Å²) >= 11 is 5.78. The largest absolute Gasteiger partial charge is 0.406 e. The molecule has 33 heavy (non-hydrogen) atoms. The summed E-state index contributed by atoms with van der Waals surface area (Å²) in [5, 5.41) is 17.0. The molecule has 1 fully saturated rings. The van der Waals surface area contributed by atoms with E-state index >= 15 is 0 Å². The third-order valence-electron chi connectivity index (χ3n) is 5.29. The molecule has 0 bridgehead atoms. The van der Waals surface area contributed by atoms with Gasteiger partial charge in [0.15, 0.2) is 5.82 Å². The van der Waals surface area contributed by atoms with Crippen molar-refractivity contribution in [2.75, 3.05) is 18.4 Å². The van der Waals surface area contributed by atoms with Crippen molar-refractivity contribution in [2.45, 2.75) is 12.6 Å². The number of nitrogens with one attached hydrogen (secondary N) is 2. The summed E-state index contributed by atoms with van der Waals surface area (Å²) in [6, 6.07) is 6.56. The number of nitro groups is 1. The Balaban J connectivity index is 1.82. The molecule has 2 heterocycles. The van der Waals surface area contributed by atoms with E-state index in [1.807, 2.05) is 0 Å². The molecule has 1 saturated heterocycles. The molecule has 0 amide bonds. The van der Waals surface area contributed by atoms with Crippen LogP contribution in [0.2, 0.25) is 5.02 Å². The number of nitrogens with zero attached hydrogens (tertiary/aromatic N) is 3. The summed E-state index contributed by atoms with van der Waals surface area (Å²) in [7, 11) is 0. The standard InChI is InChI=1S/C21H14ClF4N5O2/c22-14-2-1-3-15(18(14)23)30-19-13-9-17(31(32)33)12(8-16(13)28-11-29-19)4-5-20(21(24,25)26)6-7-27-10-20/h1-3,8-9,11,27H,6-7,10H2,(H,28,29,30). The molecular formula is C21H14ClF4N5O2. The molecule has 2 N–H and O–H groups in total. The molecule has 1 aromatic heterocycles. The van der Waals surface area contributed by atoms with Crippen LogP contribution in [0.5, 0.6) is 0 Å². The Kier molecular flexibility index (Phi) is 5.82. The van der Waals surface area contributed by atoms with Crippen LogP contribution in [0.15, 0.2) is 36.7 Å². The van der Waals surface area contributed by atoms with E-state index in [1.54, 1.807) is 0 Å². The maximum absolute atomic E-state index is 14.3. The second-order valence-corrected chi connectivity index (χ2v) is 7.76. The molecule has 1 aliphatic heterocycles. The number of aromatic nitrogens is 2. The second kappa shape index (κ2) is 8.46. The zero-order valence-electron chi connectivity index (χ0n) is 16.6. The molecule has 12 heteroatoms. The number of anilines is 2. The molecule has 4 rings (SSSR count). The molecule has 1 unspecified atom stereocenters. The van der Waals surface area contributed by atoms with Gasteiger partial charge in [-0.2, -0.15) is 13.2 Å². The number of halogens is 5. The van der Waals surface area contributed by atoms with Gasteiger partial charge in [-0.15, -0.1) is 0 Å². The molecule has 2 aromatic carbocycles. The number of alkyl halides is 3. The van der Waals surface area contributed by atoms with Gasteiger partial charge in [0, 0.05) is 18.0 Å². The molecule has 1 atom stereocenters. The summed E-state index contributed by atoms with van der Waals surface area (Å²) in [6.07, 6.45) is -3.73. The fraction of sp³-hybridized carbons (Fsp3) is 0.238. The Morgan fingerprint density at radius 1 is 1.27 bits per heavy atom. The van der Waals surface area contributed by atoms with Crippen LogP contribution in [0, 0.1) is 33.2 Å². The number of fused-ring (bicyclic) bond motifs is 1. The molecular weight excluding hydrogens is 466 g/mol. The number of rotatable bonds is 3. The Hall–Kier alpha value is -3.49. The Morgan fingerprint density at radius 2 is 2.06 bits per heavy atom. The molecule has 7 nitrogen and oxygen atoms in total. The molecule has 1 aliphatic rings. The highest BCUT2D eigenvalue weighted by Gasteiger charge is 2.55. The normalized spacial score (nSPS) is 18.1. The number of benzene rings is 2. The smallest absolute Gasteiger partial charge is 0.337 e. The minimum absolute atomic E-state index is 0.0186. The molecule has 0 spiro atoms. The zero-order valence-corrected chi connectivity index (χ0v) is 17.4. The first-order chi connectivity index (χ1) is 15.6. The van der Waals surface area contributed by atoms with Crippen molar-refractivity contribution < 1.29 is 22.5 Å². The van der Waals surface area contributed by atoms with Crippen LogP contribution in [0.4, 0.5) is 34.8 Å². The van der Waals surface area contributed by atoms with Crippen LogP contribution in [0.25, 0.3) is 10.9 Å². The first-order valence-corrected chi connectivity index (χ1v) is 9.94. The number of hydrogen-bond donors (Lipinski definition) is 2. The second-order valence-electron chi connectivity index (χ2n) is 7.35. The van der Waals surface area contributed by atoms with E-state index in [0.29, 0.717) is 0 Å². The Bertz CT molecular complexity index is 1310. The van der Waals surface area contributed by atoms with Gasteiger partial charge in [0.2, 0.25) is 0 Å². The van der Waals surface area contributed by atoms with Gasteiger partial charge < -0.3 is 10.6 Å². The van der Waals surface area contributed by atoms with Crippen LogP contribution >= 0.6 is 11.6 Å². The fourth-order valence-electron chi connectivity index (χ4n) is 3.47. The van der Waals surface area contributed by atoms with Gasteiger partial charge in [-0.3, -0.25) is 10.1 Å². The van der Waals surface area contributed by atoms with Gasteiger partial charge >= 0.3 is 6.18 Å². The van der Waals surface area contributed by atoms with Crippen molar-refractivity contribution in [3.05, 3.63) is 63.2 Å². The summed E-state index contributed by atoms with van der Waals surface area (Å²) in [5.74, 6) is 3.87. The van der Waals surface area contributed by atoms with Crippen LogP contribution in [-0.4, -0.2) is 34.2 Å². The van der Waals surface area contributed by atoms with Crippen molar-refractivity contribution >= 4 is 39.7 Å². The van der Waals surface area contributed by atoms with Gasteiger partial charge in [-0.05, 0) is 31.2 Å². The van der Waals surface area contributed by atoms with Gasteiger partial charge in [0.05, 0.1) is 21.2 Å². The zero-order chi connectivity index (χ0) is 23.8. The summed E-state index contributed by atoms with van der Waals surface area (Å²) < 4.78 is 55.1. The van der Waals surface area contributed by atoms with Crippen LogP contribution < -0.4 is 10.6 Å². The minimum atomic E-state index is -4.60. The minimum Gasteiger partial charge on any atom is -0.337 e. The van der Waals surface area contributed by atoms with Crippen molar-refractivity contribution in [1.29, 1.82) is 0 Å². The topological polar surface area (TPSA) is 93.0 Å². The Labute approximate surface area is 189 Å². The fourth-order valence-corrected chi connectivity index (χ4v) is 3.64. The highest BCUT2D eigenvalue weighted by molar-refractivity contribution is 6.31. The Morgan fingerprint density at radius 3 is 2.73 bits per heavy atom. The van der Waals surface area contributed by atoms with Crippen LogP contribution in [-0.2, 0) is 0 Å². The van der Waals surface area contributed by atoms with E-state index in [-0.39, 0.29) is 46.0 Å². The van der Waals surface area contributed by atoms with Gasteiger partial charge in [-0.1, -0.05) is 29.5 Å². The van der Waals surface area contributed by atoms with Gasteiger partial charge in [0.25, 0.3) is 5.69 Å². The highest BCUT2D eigenvalue weighted by Crippen LogP contribution is 2.42. The number of hydrogen-bond acceptors (Lipinski definition) is 6. The predicted molar refractivity (Wildman–Crippen MR) is 114 cm³/mol. The summed E-state index contributed by atoms with van der Waals surface area (Å²) in [4.78, 5) is 19.0. The van der Waals surface area contributed by atoms with E-state index in [9.17, 15) is 27.7 Å². The lowest BCUT2D eigenvalue weighted by Gasteiger charge is -2.24. The summed E-state index contributed by atoms with van der Waals surface area (Å²) in [5.41, 5.74) is -2.88. The molecule has 170 valence electrons. The first kappa shape index (κ1) is 22.7. The average Bonchev–Trinajstić information content (AvgIpc) is 3.25. The van der Waals surface area contributed by atoms with Crippen LogP contribution in [0.3, 0.4) is 0 Å². The predicted octanol–water partition coefficient (Wildman–Crippen LogP) is 4.97. The highest BCUT2D eigenvalue weighted by atomic mass is 35.5. The number of nitro benzene ring substituents is 1. The van der Waals surface area contributed by atoms with Crippen molar-refractivity contribution in [3.8, 4) is 11.8 Å². The molecule has 0 saturated carbocycles. The monoisotopic (exact) mass is 479 g/mol. The van der Waals surface area contributed by atoms with Crippen molar-refractivity contribution in [2.24, 2.45) is 5.41 Å². The van der Waals surface area contributed by atoms with Gasteiger partial charge in [0.1, 0.15) is 23.1 Å². The maximum Gasteiger partial charge on any atom is 0.406 e. The van der Waals surface area contributed by atoms with Crippen molar-refractivity contribution in [3.63, 3.8) is 0 Å². The molecule has 0 radical (unpaired) electrons. The average molecular weight is 480 g/mol. The van der Waals surface area contributed by atoms with E-state index < -0.39 is 34.6 Å². The van der Waals surface area contributed by atoms with Gasteiger partial charge in [-0.25, -0.2) is 14.4 Å². The third kappa shape index (κ3) is 4.27. The quantitative estimate of drug-likeness (QED) is 0.238. The molecule has 3 aromatic rings. The first-order valence-electron chi connectivity index (χ1n) is 9.56. The summed E-state index contributed by atoms with van der Waals surface area (Å²) in [6.45, 7) is -0.261. The van der Waals surface area contributed by atoms with E-state index in [4.69, 9.17) is 11.6 Å². The lowest BCUT2D eigenvalue weighted by Crippen LogP contribution is -2.38.